The standard InChI is InChI=1S/C14H18BNO4S/c1-5-10-21(17,18)16-13-8-6-12(7-9-13)15-19-11(2)14(3,4)20-15/h5-9,16H,1-2,10H2,3-4H3. The van der Waals surface area contributed by atoms with E-state index in [2.05, 4.69) is 17.9 Å². The Hall–Kier alpha value is -1.73. The van der Waals surface area contributed by atoms with E-state index in [9.17, 15) is 8.42 Å². The van der Waals surface area contributed by atoms with Gasteiger partial charge in [0.15, 0.2) is 0 Å². The Morgan fingerprint density at radius 3 is 2.43 bits per heavy atom. The first-order valence-electron chi connectivity index (χ1n) is 6.49. The summed E-state index contributed by atoms with van der Waals surface area (Å²) in [5.74, 6) is 0.445. The molecule has 5 nitrogen and oxygen atoms in total. The van der Waals surface area contributed by atoms with E-state index >= 15 is 0 Å². The van der Waals surface area contributed by atoms with Crippen LogP contribution in [0.25, 0.3) is 0 Å². The summed E-state index contributed by atoms with van der Waals surface area (Å²) < 4.78 is 37.0. The van der Waals surface area contributed by atoms with Gasteiger partial charge in [-0.25, -0.2) is 8.42 Å². The van der Waals surface area contributed by atoms with Gasteiger partial charge in [0, 0.05) is 5.69 Å². The molecule has 0 atom stereocenters. The molecule has 1 heterocycles. The van der Waals surface area contributed by atoms with Crippen molar-refractivity contribution in [2.75, 3.05) is 10.5 Å². The molecular formula is C14H18BNO4S. The highest BCUT2D eigenvalue weighted by Gasteiger charge is 2.42. The van der Waals surface area contributed by atoms with Gasteiger partial charge in [0.2, 0.25) is 10.0 Å². The third kappa shape index (κ3) is 3.68. The first kappa shape index (κ1) is 15.7. The lowest BCUT2D eigenvalue weighted by Gasteiger charge is -2.15. The number of hydrogen-bond donors (Lipinski definition) is 1. The average Bonchev–Trinajstić information content (AvgIpc) is 2.64. The van der Waals surface area contributed by atoms with Gasteiger partial charge in [-0.15, -0.1) is 6.58 Å². The Balaban J connectivity index is 2.10. The van der Waals surface area contributed by atoms with E-state index in [-0.39, 0.29) is 5.75 Å². The van der Waals surface area contributed by atoms with Crippen LogP contribution in [0.4, 0.5) is 5.69 Å². The van der Waals surface area contributed by atoms with Crippen LogP contribution in [0.1, 0.15) is 13.8 Å². The fourth-order valence-electron chi connectivity index (χ4n) is 1.85. The zero-order valence-electron chi connectivity index (χ0n) is 12.1. The van der Waals surface area contributed by atoms with Crippen molar-refractivity contribution in [3.63, 3.8) is 0 Å². The highest BCUT2D eigenvalue weighted by atomic mass is 32.2. The zero-order chi connectivity index (χ0) is 15.7. The van der Waals surface area contributed by atoms with Crippen LogP contribution in [0.5, 0.6) is 0 Å². The molecule has 1 aromatic carbocycles. The fourth-order valence-corrected chi connectivity index (χ4v) is 2.74. The van der Waals surface area contributed by atoms with Crippen molar-refractivity contribution in [2.45, 2.75) is 19.4 Å². The molecule has 0 amide bonds. The van der Waals surface area contributed by atoms with E-state index in [1.165, 1.54) is 6.08 Å². The number of hydrogen-bond acceptors (Lipinski definition) is 4. The molecule has 0 bridgehead atoms. The van der Waals surface area contributed by atoms with Gasteiger partial charge in [0.25, 0.3) is 0 Å². The molecule has 112 valence electrons. The second-order valence-corrected chi connectivity index (χ2v) is 7.06. The molecule has 0 spiro atoms. The summed E-state index contributed by atoms with van der Waals surface area (Å²) in [6, 6.07) is 6.84. The van der Waals surface area contributed by atoms with Crippen LogP contribution in [-0.2, 0) is 19.3 Å². The minimum atomic E-state index is -3.39. The predicted molar refractivity (Wildman–Crippen MR) is 84.8 cm³/mol. The number of nitrogens with one attached hydrogen (secondary N) is 1. The molecular weight excluding hydrogens is 289 g/mol. The van der Waals surface area contributed by atoms with Crippen molar-refractivity contribution in [2.24, 2.45) is 0 Å². The van der Waals surface area contributed by atoms with Gasteiger partial charge in [-0.05, 0) is 31.4 Å². The average molecular weight is 307 g/mol. The Bertz CT molecular complexity index is 652. The summed E-state index contributed by atoms with van der Waals surface area (Å²) in [6.07, 6.45) is 1.34. The van der Waals surface area contributed by atoms with Crippen LogP contribution in [0, 0.1) is 0 Å². The third-order valence-electron chi connectivity index (χ3n) is 3.12. The summed E-state index contributed by atoms with van der Waals surface area (Å²) in [4.78, 5) is 0. The minimum Gasteiger partial charge on any atom is -0.534 e. The van der Waals surface area contributed by atoms with E-state index in [1.807, 2.05) is 13.8 Å². The molecule has 1 saturated heterocycles. The molecule has 7 heteroatoms. The predicted octanol–water partition coefficient (Wildman–Crippen LogP) is 1.65. The number of rotatable bonds is 5. The minimum absolute atomic E-state index is 0.127. The Morgan fingerprint density at radius 2 is 1.95 bits per heavy atom. The van der Waals surface area contributed by atoms with Gasteiger partial charge in [0.05, 0.1) is 11.5 Å². The van der Waals surface area contributed by atoms with Crippen molar-refractivity contribution in [1.82, 2.24) is 0 Å². The molecule has 21 heavy (non-hydrogen) atoms. The fraction of sp³-hybridized carbons (Fsp3) is 0.286. The molecule has 1 aromatic rings. The van der Waals surface area contributed by atoms with E-state index < -0.39 is 22.7 Å². The van der Waals surface area contributed by atoms with Crippen LogP contribution in [0.15, 0.2) is 49.3 Å². The largest absolute Gasteiger partial charge is 0.563 e. The third-order valence-corrected chi connectivity index (χ3v) is 4.34. The maximum Gasteiger partial charge on any atom is 0.563 e. The van der Waals surface area contributed by atoms with Gasteiger partial charge >= 0.3 is 7.12 Å². The normalized spacial score (nSPS) is 17.4. The smallest absolute Gasteiger partial charge is 0.534 e. The first-order valence-corrected chi connectivity index (χ1v) is 8.14. The highest BCUT2D eigenvalue weighted by Crippen LogP contribution is 2.29. The molecule has 1 aliphatic rings. The van der Waals surface area contributed by atoms with Crippen LogP contribution in [0.2, 0.25) is 0 Å². The van der Waals surface area contributed by atoms with Gasteiger partial charge in [-0.1, -0.05) is 24.8 Å². The maximum absolute atomic E-state index is 11.6. The number of benzene rings is 1. The topological polar surface area (TPSA) is 64.6 Å². The van der Waals surface area contributed by atoms with Crippen molar-refractivity contribution in [1.29, 1.82) is 0 Å². The summed E-state index contributed by atoms with van der Waals surface area (Å²) in [5.41, 5.74) is 0.750. The molecule has 1 fully saturated rings. The van der Waals surface area contributed by atoms with Crippen LogP contribution >= 0.6 is 0 Å². The van der Waals surface area contributed by atoms with Crippen molar-refractivity contribution in [3.8, 4) is 0 Å². The number of sulfonamides is 1. The van der Waals surface area contributed by atoms with Gasteiger partial charge < -0.3 is 9.31 Å². The molecule has 0 aliphatic carbocycles. The molecule has 1 aliphatic heterocycles. The molecule has 0 aromatic heterocycles. The van der Waals surface area contributed by atoms with E-state index in [0.29, 0.717) is 11.4 Å². The maximum atomic E-state index is 11.6. The van der Waals surface area contributed by atoms with Crippen molar-refractivity contribution < 1.29 is 17.7 Å². The molecule has 2 rings (SSSR count). The Labute approximate surface area is 125 Å². The van der Waals surface area contributed by atoms with Gasteiger partial charge in [-0.2, -0.15) is 0 Å². The van der Waals surface area contributed by atoms with Crippen molar-refractivity contribution >= 4 is 28.3 Å². The summed E-state index contributed by atoms with van der Waals surface area (Å²) in [6.45, 7) is 11.0. The molecule has 1 N–H and O–H groups in total. The van der Waals surface area contributed by atoms with Crippen molar-refractivity contribution in [3.05, 3.63) is 49.3 Å². The summed E-state index contributed by atoms with van der Waals surface area (Å²) >= 11 is 0. The van der Waals surface area contributed by atoms with E-state index in [4.69, 9.17) is 9.31 Å². The summed E-state index contributed by atoms with van der Waals surface area (Å²) in [5, 5.41) is 0. The zero-order valence-corrected chi connectivity index (χ0v) is 12.9. The number of anilines is 1. The van der Waals surface area contributed by atoms with Crippen LogP contribution in [0.3, 0.4) is 0 Å². The SMILES string of the molecule is C=CCS(=O)(=O)Nc1ccc(B2OC(=C)C(C)(C)O2)cc1. The van der Waals surface area contributed by atoms with E-state index in [1.54, 1.807) is 24.3 Å². The molecule has 0 radical (unpaired) electrons. The second-order valence-electron chi connectivity index (χ2n) is 5.30. The lowest BCUT2D eigenvalue weighted by molar-refractivity contribution is 0.173. The lowest BCUT2D eigenvalue weighted by atomic mass is 9.79. The van der Waals surface area contributed by atoms with Crippen LogP contribution < -0.4 is 10.2 Å². The van der Waals surface area contributed by atoms with Gasteiger partial charge in [-0.3, -0.25) is 4.72 Å². The van der Waals surface area contributed by atoms with Gasteiger partial charge in [0.1, 0.15) is 5.60 Å². The molecule has 0 saturated carbocycles. The highest BCUT2D eigenvalue weighted by molar-refractivity contribution is 7.92. The summed E-state index contributed by atoms with van der Waals surface area (Å²) in [7, 11) is -3.91. The Morgan fingerprint density at radius 1 is 1.33 bits per heavy atom. The Kier molecular flexibility index (Phi) is 4.16. The quantitative estimate of drug-likeness (QED) is 0.663. The lowest BCUT2D eigenvalue weighted by Crippen LogP contribution is -2.34. The van der Waals surface area contributed by atoms with Crippen LogP contribution in [-0.4, -0.2) is 26.9 Å². The van der Waals surface area contributed by atoms with E-state index in [0.717, 1.165) is 5.46 Å². The molecule has 0 unspecified atom stereocenters. The second kappa shape index (κ2) is 5.58. The first-order chi connectivity index (χ1) is 9.73. The monoisotopic (exact) mass is 307 g/mol.